The van der Waals surface area contributed by atoms with Gasteiger partial charge in [-0.1, -0.05) is 12.1 Å². The van der Waals surface area contributed by atoms with Gasteiger partial charge >= 0.3 is 0 Å². The lowest BCUT2D eigenvalue weighted by molar-refractivity contribution is -0.115. The fourth-order valence-electron chi connectivity index (χ4n) is 1.12. The Hall–Kier alpha value is -2.10. The van der Waals surface area contributed by atoms with Crippen LogP contribution in [0.2, 0.25) is 0 Å². The number of amides is 1. The fourth-order valence-corrected chi connectivity index (χ4v) is 1.12. The lowest BCUT2D eigenvalue weighted by atomic mass is 10.2. The number of hydrogen-bond donors (Lipinski definition) is 2. The van der Waals surface area contributed by atoms with Crippen LogP contribution in [-0.4, -0.2) is 17.4 Å². The van der Waals surface area contributed by atoms with E-state index in [-0.39, 0.29) is 11.7 Å². The van der Waals surface area contributed by atoms with Gasteiger partial charge in [-0.2, -0.15) is 0 Å². The van der Waals surface area contributed by atoms with Gasteiger partial charge in [0.2, 0.25) is 0 Å². The molecule has 1 aliphatic rings. The predicted molar refractivity (Wildman–Crippen MR) is 52.7 cm³/mol. The summed E-state index contributed by atoms with van der Waals surface area (Å²) in [5, 5.41) is 11.5. The van der Waals surface area contributed by atoms with Gasteiger partial charge in [-0.25, -0.2) is 4.99 Å². The zero-order valence-electron chi connectivity index (χ0n) is 7.27. The Morgan fingerprint density at radius 3 is 2.57 bits per heavy atom. The molecule has 0 spiro atoms. The van der Waals surface area contributed by atoms with E-state index in [2.05, 4.69) is 10.3 Å². The highest BCUT2D eigenvalue weighted by atomic mass is 16.3. The summed E-state index contributed by atoms with van der Waals surface area (Å²) >= 11 is 0. The van der Waals surface area contributed by atoms with Crippen molar-refractivity contribution >= 4 is 18.3 Å². The molecule has 14 heavy (non-hydrogen) atoms. The van der Waals surface area contributed by atoms with Crippen molar-refractivity contribution in [2.75, 3.05) is 0 Å². The first-order valence-corrected chi connectivity index (χ1v) is 4.10. The molecule has 1 heterocycles. The molecule has 70 valence electrons. The van der Waals surface area contributed by atoms with Gasteiger partial charge in [0.1, 0.15) is 11.4 Å². The highest BCUT2D eigenvalue weighted by Gasteiger charge is 2.11. The second-order valence-electron chi connectivity index (χ2n) is 2.85. The first kappa shape index (κ1) is 8.50. The van der Waals surface area contributed by atoms with Crippen molar-refractivity contribution in [2.24, 2.45) is 4.99 Å². The highest BCUT2D eigenvalue weighted by Crippen LogP contribution is 2.14. The minimum Gasteiger partial charge on any atom is -0.508 e. The van der Waals surface area contributed by atoms with Gasteiger partial charge in [0.15, 0.2) is 0 Å². The molecule has 4 heteroatoms. The molecule has 1 amide bonds. The largest absolute Gasteiger partial charge is 0.508 e. The van der Waals surface area contributed by atoms with E-state index in [1.807, 2.05) is 0 Å². The van der Waals surface area contributed by atoms with E-state index >= 15 is 0 Å². The van der Waals surface area contributed by atoms with E-state index in [4.69, 9.17) is 5.11 Å². The minimum absolute atomic E-state index is 0.200. The Balaban J connectivity index is 2.29. The van der Waals surface area contributed by atoms with Crippen LogP contribution in [0.5, 0.6) is 5.75 Å². The molecule has 1 aromatic rings. The summed E-state index contributed by atoms with van der Waals surface area (Å²) in [6.45, 7) is 0. The molecule has 0 unspecified atom stereocenters. The van der Waals surface area contributed by atoms with Gasteiger partial charge in [0.25, 0.3) is 5.91 Å². The quantitative estimate of drug-likeness (QED) is 0.643. The zero-order chi connectivity index (χ0) is 9.97. The third-order valence-electron chi connectivity index (χ3n) is 1.83. The normalized spacial score (nSPS) is 17.4. The summed E-state index contributed by atoms with van der Waals surface area (Å²) in [5.74, 6) is -0.00963. The van der Waals surface area contributed by atoms with Crippen molar-refractivity contribution in [2.45, 2.75) is 0 Å². The third kappa shape index (κ3) is 1.64. The number of carbonyl (C=O) groups is 1. The molecule has 2 rings (SSSR count). The molecule has 0 atom stereocenters. The molecule has 0 bridgehead atoms. The predicted octanol–water partition coefficient (Wildman–Crippen LogP) is 0.891. The summed E-state index contributed by atoms with van der Waals surface area (Å²) in [4.78, 5) is 14.9. The van der Waals surface area contributed by atoms with E-state index < -0.39 is 0 Å². The zero-order valence-corrected chi connectivity index (χ0v) is 7.27. The van der Waals surface area contributed by atoms with Crippen molar-refractivity contribution in [3.8, 4) is 5.75 Å². The molecular weight excluding hydrogens is 180 g/mol. The van der Waals surface area contributed by atoms with Crippen molar-refractivity contribution < 1.29 is 9.90 Å². The molecule has 4 nitrogen and oxygen atoms in total. The van der Waals surface area contributed by atoms with Gasteiger partial charge in [-0.15, -0.1) is 0 Å². The molecule has 0 fully saturated rings. The molecular formula is C10H8N2O2. The van der Waals surface area contributed by atoms with Gasteiger partial charge in [0.05, 0.1) is 6.34 Å². The number of benzene rings is 1. The molecule has 0 aliphatic carbocycles. The van der Waals surface area contributed by atoms with E-state index in [1.54, 1.807) is 30.3 Å². The minimum atomic E-state index is -0.210. The van der Waals surface area contributed by atoms with Crippen LogP contribution in [0.4, 0.5) is 0 Å². The summed E-state index contributed by atoms with van der Waals surface area (Å²) in [5.41, 5.74) is 1.20. The van der Waals surface area contributed by atoms with Crippen molar-refractivity contribution in [3.63, 3.8) is 0 Å². The summed E-state index contributed by atoms with van der Waals surface area (Å²) in [7, 11) is 0. The van der Waals surface area contributed by atoms with Crippen LogP contribution >= 0.6 is 0 Å². The topological polar surface area (TPSA) is 61.7 Å². The Morgan fingerprint density at radius 2 is 2.00 bits per heavy atom. The number of nitrogens with one attached hydrogen (secondary N) is 1. The maximum absolute atomic E-state index is 11.1. The monoisotopic (exact) mass is 188 g/mol. The second-order valence-corrected chi connectivity index (χ2v) is 2.85. The molecule has 0 saturated heterocycles. The first-order chi connectivity index (χ1) is 6.75. The summed E-state index contributed by atoms with van der Waals surface area (Å²) in [6, 6.07) is 6.54. The van der Waals surface area contributed by atoms with Gasteiger partial charge in [0, 0.05) is 0 Å². The first-order valence-electron chi connectivity index (χ1n) is 4.10. The van der Waals surface area contributed by atoms with Crippen molar-refractivity contribution in [1.29, 1.82) is 0 Å². The van der Waals surface area contributed by atoms with E-state index in [0.29, 0.717) is 5.70 Å². The average Bonchev–Trinajstić information content (AvgIpc) is 2.56. The Labute approximate surface area is 80.6 Å². The van der Waals surface area contributed by atoms with Crippen LogP contribution < -0.4 is 5.32 Å². The number of carbonyl (C=O) groups excluding carboxylic acids is 1. The highest BCUT2D eigenvalue weighted by molar-refractivity contribution is 6.08. The molecule has 2 N–H and O–H groups in total. The number of rotatable bonds is 1. The Bertz CT molecular complexity index is 418. The van der Waals surface area contributed by atoms with Crippen LogP contribution in [0.3, 0.4) is 0 Å². The maximum atomic E-state index is 11.1. The smallest absolute Gasteiger partial charge is 0.275 e. The van der Waals surface area contributed by atoms with Crippen molar-refractivity contribution in [1.82, 2.24) is 5.32 Å². The van der Waals surface area contributed by atoms with Crippen LogP contribution in [-0.2, 0) is 4.79 Å². The van der Waals surface area contributed by atoms with Crippen LogP contribution in [0.1, 0.15) is 5.56 Å². The average molecular weight is 188 g/mol. The Kier molecular flexibility index (Phi) is 2.02. The third-order valence-corrected chi connectivity index (χ3v) is 1.83. The molecule has 1 aliphatic heterocycles. The van der Waals surface area contributed by atoms with Crippen LogP contribution in [0, 0.1) is 0 Å². The van der Waals surface area contributed by atoms with Crippen molar-refractivity contribution in [3.05, 3.63) is 35.5 Å². The van der Waals surface area contributed by atoms with E-state index in [9.17, 15) is 4.79 Å². The number of aliphatic imine (C=N–C) groups is 1. The molecule has 0 saturated carbocycles. The summed E-state index contributed by atoms with van der Waals surface area (Å²) in [6.07, 6.45) is 3.01. The number of phenolic OH excluding ortho intramolecular Hbond substituents is 1. The molecule has 1 aromatic carbocycles. The fraction of sp³-hybridized carbons (Fsp3) is 0. The second kappa shape index (κ2) is 3.33. The molecule has 0 radical (unpaired) electrons. The van der Waals surface area contributed by atoms with Gasteiger partial charge in [-0.05, 0) is 23.8 Å². The van der Waals surface area contributed by atoms with Crippen LogP contribution in [0.25, 0.3) is 6.08 Å². The Morgan fingerprint density at radius 1 is 1.29 bits per heavy atom. The summed E-state index contributed by atoms with van der Waals surface area (Å²) < 4.78 is 0. The standard InChI is InChI=1S/C10H8N2O2/c13-8-3-1-7(2-4-8)5-9-10(14)12-6-11-9/h1-6,13H,(H,11,12,14)/b9-5-. The SMILES string of the molecule is O=C1NC=N/C1=C\c1ccc(O)cc1. The molecule has 0 aromatic heterocycles. The van der Waals surface area contributed by atoms with E-state index in [1.165, 1.54) is 6.34 Å². The lowest BCUT2D eigenvalue weighted by Gasteiger charge is -1.95. The van der Waals surface area contributed by atoms with Crippen LogP contribution in [0.15, 0.2) is 35.0 Å². The maximum Gasteiger partial charge on any atom is 0.275 e. The number of nitrogens with zero attached hydrogens (tertiary/aromatic N) is 1. The number of aromatic hydroxyl groups is 1. The lowest BCUT2D eigenvalue weighted by Crippen LogP contribution is -2.14. The number of hydrogen-bond acceptors (Lipinski definition) is 3. The number of phenols is 1. The van der Waals surface area contributed by atoms with Gasteiger partial charge in [-0.3, -0.25) is 4.79 Å². The van der Waals surface area contributed by atoms with E-state index in [0.717, 1.165) is 5.56 Å². The van der Waals surface area contributed by atoms with Gasteiger partial charge < -0.3 is 10.4 Å².